The normalized spacial score (nSPS) is 11.1. The number of nitrogens with one attached hydrogen (secondary N) is 1. The maximum Gasteiger partial charge on any atom is 1.00 e. The molecule has 2 aromatic carbocycles. The van der Waals surface area contributed by atoms with Gasteiger partial charge in [-0.25, -0.2) is 5.48 Å². The molecule has 0 bridgehead atoms. The van der Waals surface area contributed by atoms with E-state index in [2.05, 4.69) is 0 Å². The van der Waals surface area contributed by atoms with Crippen LogP contribution in [-0.2, 0) is 11.2 Å². The third-order valence-electron chi connectivity index (χ3n) is 3.14. The second kappa shape index (κ2) is 9.41. The van der Waals surface area contributed by atoms with E-state index < -0.39 is 17.9 Å². The molecule has 0 aliphatic carbocycles. The Morgan fingerprint density at radius 3 is 2.04 bits per heavy atom. The van der Waals surface area contributed by atoms with Crippen molar-refractivity contribution >= 4 is 11.9 Å². The van der Waals surface area contributed by atoms with E-state index in [0.717, 1.165) is 5.56 Å². The van der Waals surface area contributed by atoms with Crippen molar-refractivity contribution in [2.45, 2.75) is 12.5 Å². The van der Waals surface area contributed by atoms with Crippen molar-refractivity contribution in [1.29, 1.82) is 0 Å². The van der Waals surface area contributed by atoms with Gasteiger partial charge in [-0.1, -0.05) is 12.1 Å². The van der Waals surface area contributed by atoms with Gasteiger partial charge in [0.05, 0.1) is 5.97 Å². The van der Waals surface area contributed by atoms with E-state index in [0.29, 0.717) is 17.1 Å². The summed E-state index contributed by atoms with van der Waals surface area (Å²) in [6.07, 6.45) is 0.174. The second-order valence-electron chi connectivity index (χ2n) is 4.84. The number of rotatable bonds is 6. The molecule has 2 rings (SSSR count). The average molecular weight is 338 g/mol. The van der Waals surface area contributed by atoms with Gasteiger partial charge in [0.15, 0.2) is 0 Å². The van der Waals surface area contributed by atoms with Crippen LogP contribution < -0.4 is 50.6 Å². The Morgan fingerprint density at radius 2 is 1.58 bits per heavy atom. The first-order chi connectivity index (χ1) is 11.0. The summed E-state index contributed by atoms with van der Waals surface area (Å²) < 4.78 is 5.60. The van der Waals surface area contributed by atoms with Gasteiger partial charge in [0.1, 0.15) is 11.5 Å². The summed E-state index contributed by atoms with van der Waals surface area (Å²) in [6, 6.07) is 11.9. The molecule has 1 unspecified atom stereocenters. The van der Waals surface area contributed by atoms with E-state index in [1.807, 2.05) is 0 Å². The quantitative estimate of drug-likeness (QED) is 0.297. The van der Waals surface area contributed by atoms with Gasteiger partial charge < -0.3 is 20.4 Å². The number of carbonyl (C=O) groups excluding carboxylic acids is 2. The van der Waals surface area contributed by atoms with Crippen LogP contribution in [0.5, 0.6) is 11.5 Å². The minimum absolute atomic E-state index is 0. The third-order valence-corrected chi connectivity index (χ3v) is 3.14. The van der Waals surface area contributed by atoms with Gasteiger partial charge in [0.2, 0.25) is 0 Å². The summed E-state index contributed by atoms with van der Waals surface area (Å²) in [4.78, 5) is 21.8. The minimum atomic E-state index is -1.29. The van der Waals surface area contributed by atoms with Gasteiger partial charge in [-0.05, 0) is 48.4 Å². The van der Waals surface area contributed by atoms with E-state index in [1.54, 1.807) is 41.9 Å². The Hall–Kier alpha value is -1.90. The maximum atomic E-state index is 11.2. The molecule has 8 heteroatoms. The van der Waals surface area contributed by atoms with Gasteiger partial charge in [-0.2, -0.15) is 0 Å². The molecule has 0 heterocycles. The Bertz CT molecular complexity index is 689. The first-order valence-corrected chi connectivity index (χ1v) is 6.77. The van der Waals surface area contributed by atoms with Gasteiger partial charge in [0.25, 0.3) is 5.91 Å². The largest absolute Gasteiger partial charge is 1.00 e. The molecule has 0 saturated carbocycles. The smallest absolute Gasteiger partial charge is 0.548 e. The van der Waals surface area contributed by atoms with Gasteiger partial charge in [0, 0.05) is 11.6 Å². The van der Waals surface area contributed by atoms with E-state index >= 15 is 0 Å². The number of amides is 1. The van der Waals surface area contributed by atoms with Crippen LogP contribution in [0, 0.1) is 0 Å². The fraction of sp³-hybridized carbons (Fsp3) is 0.125. The molecule has 0 aliphatic heterocycles. The molecule has 24 heavy (non-hydrogen) atoms. The number of aliphatic carboxylic acids is 1. The van der Waals surface area contributed by atoms with Crippen LogP contribution in [0.4, 0.5) is 0 Å². The number of carboxylic acids is 1. The van der Waals surface area contributed by atoms with Gasteiger partial charge in [-0.3, -0.25) is 10.0 Å². The number of hydrogen-bond acceptors (Lipinski definition) is 6. The predicted molar refractivity (Wildman–Crippen MR) is 78.9 cm³/mol. The molecule has 120 valence electrons. The molecule has 7 nitrogen and oxygen atoms in total. The summed E-state index contributed by atoms with van der Waals surface area (Å²) in [7, 11) is 0. The van der Waals surface area contributed by atoms with Crippen molar-refractivity contribution in [2.75, 3.05) is 0 Å². The Kier molecular flexibility index (Phi) is 7.90. The molecule has 1 atom stereocenters. The van der Waals surface area contributed by atoms with Gasteiger partial charge >= 0.3 is 29.6 Å². The first-order valence-electron chi connectivity index (χ1n) is 6.77. The molecule has 0 radical (unpaired) electrons. The molecular weight excluding hydrogens is 323 g/mol. The number of hydroxylamine groups is 1. The van der Waals surface area contributed by atoms with E-state index in [-0.39, 0.29) is 36.0 Å². The van der Waals surface area contributed by atoms with Crippen molar-refractivity contribution in [3.63, 3.8) is 0 Å². The van der Waals surface area contributed by atoms with Crippen LogP contribution in [0.2, 0.25) is 0 Å². The summed E-state index contributed by atoms with van der Waals surface area (Å²) in [5.74, 6) is -0.837. The maximum absolute atomic E-state index is 11.2. The zero-order valence-corrected chi connectivity index (χ0v) is 15.1. The fourth-order valence-corrected chi connectivity index (χ4v) is 1.91. The molecule has 0 fully saturated rings. The molecule has 0 spiro atoms. The van der Waals surface area contributed by atoms with Crippen LogP contribution in [0.1, 0.15) is 15.9 Å². The number of benzene rings is 2. The van der Waals surface area contributed by atoms with Crippen molar-refractivity contribution < 1.29 is 54.2 Å². The van der Waals surface area contributed by atoms with Crippen LogP contribution in [-0.4, -0.2) is 23.1 Å². The molecule has 0 aliphatic rings. The van der Waals surface area contributed by atoms with Crippen LogP contribution >= 0.6 is 0 Å². The van der Waals surface area contributed by atoms with Crippen LogP contribution in [0.15, 0.2) is 48.5 Å². The zero-order valence-electron chi connectivity index (χ0n) is 13.1. The number of ether oxygens (including phenoxy) is 1. The average Bonchev–Trinajstić information content (AvgIpc) is 2.56. The molecule has 1 amide bonds. The predicted octanol–water partition coefficient (Wildman–Crippen LogP) is -2.78. The third kappa shape index (κ3) is 5.63. The van der Waals surface area contributed by atoms with Crippen molar-refractivity contribution in [1.82, 2.24) is 5.48 Å². The van der Waals surface area contributed by atoms with E-state index in [4.69, 9.17) is 15.7 Å². The minimum Gasteiger partial charge on any atom is -0.548 e. The van der Waals surface area contributed by atoms with Crippen LogP contribution in [0.3, 0.4) is 0 Å². The molecule has 0 saturated heterocycles. The molecule has 2 aromatic rings. The number of nitrogens with two attached hydrogens (primary N) is 1. The van der Waals surface area contributed by atoms with Crippen molar-refractivity contribution in [3.05, 3.63) is 59.7 Å². The van der Waals surface area contributed by atoms with Crippen molar-refractivity contribution in [3.8, 4) is 11.5 Å². The molecular formula is C16H15N2NaO5. The Labute approximate surface area is 160 Å². The summed E-state index contributed by atoms with van der Waals surface area (Å²) in [5.41, 5.74) is 8.01. The van der Waals surface area contributed by atoms with Gasteiger partial charge in [-0.15, -0.1) is 0 Å². The summed E-state index contributed by atoms with van der Waals surface area (Å²) >= 11 is 0. The number of carbonyl (C=O) groups is 2. The topological polar surface area (TPSA) is 125 Å². The fourth-order valence-electron chi connectivity index (χ4n) is 1.91. The standard InChI is InChI=1S/C16H16N2O5.Na/c17-14(16(20)21)9-10-1-5-12(6-2-10)23-13-7-3-11(4-8-13)15(19)18-22;/h1-8,14,22H,9,17H2,(H,18,19)(H,20,21);/q;+1/p-1. The van der Waals surface area contributed by atoms with E-state index in [1.165, 1.54) is 12.1 Å². The molecule has 4 N–H and O–H groups in total. The second-order valence-corrected chi connectivity index (χ2v) is 4.84. The summed E-state index contributed by atoms with van der Waals surface area (Å²) in [6.45, 7) is 0. The van der Waals surface area contributed by atoms with E-state index in [9.17, 15) is 14.7 Å². The Balaban J connectivity index is 0.00000288. The van der Waals surface area contributed by atoms with Crippen LogP contribution in [0.25, 0.3) is 0 Å². The number of carboxylic acid groups (broad SMARTS) is 1. The first kappa shape index (κ1) is 20.1. The SMILES string of the molecule is NC(Cc1ccc(Oc2ccc(C(=O)NO)cc2)cc1)C(=O)[O-].[Na+]. The molecule has 0 aromatic heterocycles. The zero-order chi connectivity index (χ0) is 16.8. The monoisotopic (exact) mass is 338 g/mol. The number of hydrogen-bond donors (Lipinski definition) is 3. The summed E-state index contributed by atoms with van der Waals surface area (Å²) in [5, 5.41) is 19.1. The van der Waals surface area contributed by atoms with Crippen molar-refractivity contribution in [2.24, 2.45) is 5.73 Å². The Morgan fingerprint density at radius 1 is 1.08 bits per heavy atom.